The minimum Gasteiger partial charge on any atom is -0.501 e. The molecule has 0 spiro atoms. The Bertz CT molecular complexity index is 197. The SMILES string of the molecule is C(OCCC1CCOC1)=C1CCCCC1. The van der Waals surface area contributed by atoms with Crippen LogP contribution in [0.5, 0.6) is 0 Å². The van der Waals surface area contributed by atoms with Gasteiger partial charge in [-0.25, -0.2) is 0 Å². The van der Waals surface area contributed by atoms with Crippen molar-refractivity contribution in [2.75, 3.05) is 19.8 Å². The predicted octanol–water partition coefficient (Wildman–Crippen LogP) is 3.28. The van der Waals surface area contributed by atoms with E-state index in [0.29, 0.717) is 0 Å². The number of ether oxygens (including phenoxy) is 2. The normalized spacial score (nSPS) is 26.7. The van der Waals surface area contributed by atoms with Crippen molar-refractivity contribution in [2.24, 2.45) is 5.92 Å². The molecule has 0 radical (unpaired) electrons. The molecule has 1 aliphatic heterocycles. The van der Waals surface area contributed by atoms with Crippen LogP contribution in [0.2, 0.25) is 0 Å². The highest BCUT2D eigenvalue weighted by molar-refractivity contribution is 5.00. The molecule has 2 fully saturated rings. The minimum atomic E-state index is 0.745. The summed E-state index contributed by atoms with van der Waals surface area (Å²) in [7, 11) is 0. The highest BCUT2D eigenvalue weighted by atomic mass is 16.5. The van der Waals surface area contributed by atoms with E-state index in [9.17, 15) is 0 Å². The summed E-state index contributed by atoms with van der Waals surface area (Å²) in [6.45, 7) is 2.77. The molecule has 0 aromatic rings. The molecular formula is C13H22O2. The summed E-state index contributed by atoms with van der Waals surface area (Å²) < 4.78 is 11.0. The molecular weight excluding hydrogens is 188 g/mol. The zero-order valence-electron chi connectivity index (χ0n) is 9.54. The first-order chi connectivity index (χ1) is 7.45. The van der Waals surface area contributed by atoms with E-state index in [-0.39, 0.29) is 0 Å². The highest BCUT2D eigenvalue weighted by Gasteiger charge is 2.14. The van der Waals surface area contributed by atoms with Gasteiger partial charge in [0.2, 0.25) is 0 Å². The maximum absolute atomic E-state index is 5.62. The van der Waals surface area contributed by atoms with Gasteiger partial charge in [0.25, 0.3) is 0 Å². The Hall–Kier alpha value is -0.500. The maximum atomic E-state index is 5.62. The van der Waals surface area contributed by atoms with Gasteiger partial charge < -0.3 is 9.47 Å². The Labute approximate surface area is 92.6 Å². The van der Waals surface area contributed by atoms with Crippen LogP contribution in [0.3, 0.4) is 0 Å². The topological polar surface area (TPSA) is 18.5 Å². The summed E-state index contributed by atoms with van der Waals surface area (Å²) in [4.78, 5) is 0. The first-order valence-corrected chi connectivity index (χ1v) is 6.32. The summed E-state index contributed by atoms with van der Waals surface area (Å²) in [6, 6.07) is 0. The van der Waals surface area contributed by atoms with Crippen LogP contribution in [0.1, 0.15) is 44.9 Å². The summed E-state index contributed by atoms with van der Waals surface area (Å²) in [5.41, 5.74) is 1.52. The van der Waals surface area contributed by atoms with Crippen molar-refractivity contribution in [1.29, 1.82) is 0 Å². The van der Waals surface area contributed by atoms with Crippen molar-refractivity contribution >= 4 is 0 Å². The summed E-state index contributed by atoms with van der Waals surface area (Å²) in [6.07, 6.45) is 11.0. The first kappa shape index (κ1) is 11.0. The summed E-state index contributed by atoms with van der Waals surface area (Å²) >= 11 is 0. The molecule has 0 amide bonds. The minimum absolute atomic E-state index is 0.745. The molecule has 15 heavy (non-hydrogen) atoms. The molecule has 0 bridgehead atoms. The van der Waals surface area contributed by atoms with Gasteiger partial charge in [-0.3, -0.25) is 0 Å². The predicted molar refractivity (Wildman–Crippen MR) is 60.7 cm³/mol. The maximum Gasteiger partial charge on any atom is 0.0876 e. The van der Waals surface area contributed by atoms with Gasteiger partial charge in [-0.1, -0.05) is 6.42 Å². The molecule has 0 N–H and O–H groups in total. The fourth-order valence-electron chi connectivity index (χ4n) is 2.35. The van der Waals surface area contributed by atoms with E-state index in [1.807, 2.05) is 6.26 Å². The van der Waals surface area contributed by atoms with E-state index >= 15 is 0 Å². The van der Waals surface area contributed by atoms with E-state index in [1.54, 1.807) is 0 Å². The fraction of sp³-hybridized carbons (Fsp3) is 0.846. The largest absolute Gasteiger partial charge is 0.501 e. The van der Waals surface area contributed by atoms with Crippen LogP contribution in [0.25, 0.3) is 0 Å². The van der Waals surface area contributed by atoms with Crippen LogP contribution in [0.4, 0.5) is 0 Å². The monoisotopic (exact) mass is 210 g/mol. The van der Waals surface area contributed by atoms with Gasteiger partial charge in [0, 0.05) is 13.2 Å². The Balaban J connectivity index is 1.56. The molecule has 1 atom stereocenters. The van der Waals surface area contributed by atoms with Crippen molar-refractivity contribution in [3.05, 3.63) is 11.8 Å². The molecule has 2 aliphatic rings. The number of allylic oxidation sites excluding steroid dienone is 1. The smallest absolute Gasteiger partial charge is 0.0876 e. The van der Waals surface area contributed by atoms with E-state index in [2.05, 4.69) is 0 Å². The number of hydrogen-bond donors (Lipinski definition) is 0. The molecule has 1 unspecified atom stereocenters. The lowest BCUT2D eigenvalue weighted by atomic mass is 9.96. The van der Waals surface area contributed by atoms with E-state index in [4.69, 9.17) is 9.47 Å². The molecule has 1 aliphatic carbocycles. The Morgan fingerprint density at radius 2 is 2.13 bits per heavy atom. The van der Waals surface area contributed by atoms with Crippen molar-refractivity contribution in [2.45, 2.75) is 44.9 Å². The van der Waals surface area contributed by atoms with Gasteiger partial charge in [0.05, 0.1) is 12.9 Å². The van der Waals surface area contributed by atoms with Gasteiger partial charge in [-0.05, 0) is 50.0 Å². The molecule has 0 aromatic carbocycles. The van der Waals surface area contributed by atoms with Crippen LogP contribution in [0.15, 0.2) is 11.8 Å². The molecule has 1 heterocycles. The van der Waals surface area contributed by atoms with Gasteiger partial charge in [0.1, 0.15) is 0 Å². The molecule has 86 valence electrons. The van der Waals surface area contributed by atoms with Crippen LogP contribution >= 0.6 is 0 Å². The van der Waals surface area contributed by atoms with Crippen LogP contribution in [-0.2, 0) is 9.47 Å². The molecule has 2 nitrogen and oxygen atoms in total. The second-order valence-corrected chi connectivity index (χ2v) is 4.73. The second-order valence-electron chi connectivity index (χ2n) is 4.73. The molecule has 1 saturated carbocycles. The van der Waals surface area contributed by atoms with Gasteiger partial charge >= 0.3 is 0 Å². The third-order valence-corrected chi connectivity index (χ3v) is 3.41. The number of rotatable bonds is 4. The third kappa shape index (κ3) is 3.86. The van der Waals surface area contributed by atoms with Crippen LogP contribution < -0.4 is 0 Å². The molecule has 2 heteroatoms. The van der Waals surface area contributed by atoms with Gasteiger partial charge in [0.15, 0.2) is 0 Å². The average Bonchev–Trinajstić information content (AvgIpc) is 2.79. The Kier molecular flexibility index (Phi) is 4.52. The lowest BCUT2D eigenvalue weighted by molar-refractivity contribution is 0.170. The van der Waals surface area contributed by atoms with Crippen molar-refractivity contribution < 1.29 is 9.47 Å². The van der Waals surface area contributed by atoms with Crippen molar-refractivity contribution in [1.82, 2.24) is 0 Å². The van der Waals surface area contributed by atoms with Gasteiger partial charge in [-0.2, -0.15) is 0 Å². The molecule has 0 aromatic heterocycles. The van der Waals surface area contributed by atoms with E-state index in [1.165, 1.54) is 44.1 Å². The van der Waals surface area contributed by atoms with Crippen molar-refractivity contribution in [3.63, 3.8) is 0 Å². The number of hydrogen-bond acceptors (Lipinski definition) is 2. The summed E-state index contributed by atoms with van der Waals surface area (Å²) in [5.74, 6) is 0.745. The van der Waals surface area contributed by atoms with Crippen molar-refractivity contribution in [3.8, 4) is 0 Å². The third-order valence-electron chi connectivity index (χ3n) is 3.41. The molecule has 2 rings (SSSR count). The average molecular weight is 210 g/mol. The standard InChI is InChI=1S/C13H22O2/c1-2-4-12(5-3-1)10-14-8-6-13-7-9-15-11-13/h10,13H,1-9,11H2. The second kappa shape index (κ2) is 6.16. The van der Waals surface area contributed by atoms with E-state index in [0.717, 1.165) is 32.2 Å². The highest BCUT2D eigenvalue weighted by Crippen LogP contribution is 2.23. The first-order valence-electron chi connectivity index (χ1n) is 6.32. The zero-order valence-corrected chi connectivity index (χ0v) is 9.54. The van der Waals surface area contributed by atoms with Crippen LogP contribution in [0, 0.1) is 5.92 Å². The quantitative estimate of drug-likeness (QED) is 0.523. The molecule has 1 saturated heterocycles. The van der Waals surface area contributed by atoms with Crippen LogP contribution in [-0.4, -0.2) is 19.8 Å². The fourth-order valence-corrected chi connectivity index (χ4v) is 2.35. The van der Waals surface area contributed by atoms with E-state index < -0.39 is 0 Å². The van der Waals surface area contributed by atoms with Gasteiger partial charge in [-0.15, -0.1) is 0 Å². The summed E-state index contributed by atoms with van der Waals surface area (Å²) in [5, 5.41) is 0. The Morgan fingerprint density at radius 1 is 1.27 bits per heavy atom. The lowest BCUT2D eigenvalue weighted by Gasteiger charge is -2.13. The zero-order chi connectivity index (χ0) is 10.3. The Morgan fingerprint density at radius 3 is 2.87 bits per heavy atom. The lowest BCUT2D eigenvalue weighted by Crippen LogP contribution is -2.03.